The first-order valence-corrected chi connectivity index (χ1v) is 19.5. The molecule has 5 N–H and O–H groups in total. The summed E-state index contributed by atoms with van der Waals surface area (Å²) in [6.07, 6.45) is 8.90. The second kappa shape index (κ2) is 29.7. The molecule has 3 aromatic rings. The second-order valence-corrected chi connectivity index (χ2v) is 14.4. The molecule has 0 bridgehead atoms. The first kappa shape index (κ1) is 55.5. The van der Waals surface area contributed by atoms with Crippen molar-refractivity contribution in [3.8, 4) is 0 Å². The number of carboxylic acids is 1. The Morgan fingerprint density at radius 3 is 1.69 bits per heavy atom. The van der Waals surface area contributed by atoms with Crippen LogP contribution >= 0.6 is 34.8 Å². The van der Waals surface area contributed by atoms with E-state index in [0.29, 0.717) is 71.5 Å². The zero-order valence-corrected chi connectivity index (χ0v) is 37.4. The minimum atomic E-state index is -0.954. The molecule has 0 aliphatic heterocycles. The number of ketones is 3. The number of carbonyl (C=O) groups excluding carboxylic acids is 4. The van der Waals surface area contributed by atoms with Crippen LogP contribution in [-0.4, -0.2) is 52.2 Å². The summed E-state index contributed by atoms with van der Waals surface area (Å²) in [7, 11) is 0. The summed E-state index contributed by atoms with van der Waals surface area (Å²) in [5, 5.41) is 13.6. The number of aryl methyl sites for hydroxylation is 1. The Morgan fingerprint density at radius 1 is 0.763 bits per heavy atom. The zero-order valence-electron chi connectivity index (χ0n) is 33.2. The number of aliphatic carboxylic acids is 1. The molecule has 0 radical (unpaired) electrons. The van der Waals surface area contributed by atoms with Gasteiger partial charge in [-0.25, -0.2) is 13.2 Å². The van der Waals surface area contributed by atoms with Crippen molar-refractivity contribution >= 4 is 81.2 Å². The van der Waals surface area contributed by atoms with Gasteiger partial charge in [-0.1, -0.05) is 53.7 Å². The molecule has 0 spiro atoms. The molecule has 0 aromatic heterocycles. The van der Waals surface area contributed by atoms with E-state index in [1.165, 1.54) is 30.3 Å². The Morgan fingerprint density at radius 2 is 1.25 bits per heavy atom. The maximum absolute atomic E-state index is 13.4. The molecule has 0 heterocycles. The number of hydrogen-bond acceptors (Lipinski definition) is 10. The van der Waals surface area contributed by atoms with E-state index in [0.717, 1.165) is 38.5 Å². The van der Waals surface area contributed by atoms with Crippen LogP contribution in [0.15, 0.2) is 59.7 Å². The molecule has 3 aromatic carbocycles. The Kier molecular flexibility index (Phi) is 27.9. The van der Waals surface area contributed by atoms with E-state index >= 15 is 0 Å². The van der Waals surface area contributed by atoms with Crippen molar-refractivity contribution in [2.45, 2.75) is 90.9 Å². The molecule has 11 nitrogen and oxygen atoms in total. The van der Waals surface area contributed by atoms with Gasteiger partial charge in [-0.15, -0.1) is 0 Å². The van der Waals surface area contributed by atoms with Crippen molar-refractivity contribution in [3.63, 3.8) is 0 Å². The van der Waals surface area contributed by atoms with Crippen LogP contribution in [0.3, 0.4) is 0 Å². The van der Waals surface area contributed by atoms with Gasteiger partial charge in [0.15, 0.2) is 5.78 Å². The van der Waals surface area contributed by atoms with Crippen LogP contribution in [0.4, 0.5) is 24.5 Å². The van der Waals surface area contributed by atoms with Gasteiger partial charge in [0.2, 0.25) is 0 Å². The van der Waals surface area contributed by atoms with Crippen LogP contribution in [0.5, 0.6) is 0 Å². The molecule has 2 unspecified atom stereocenters. The van der Waals surface area contributed by atoms with Crippen molar-refractivity contribution in [2.24, 2.45) is 16.9 Å². The van der Waals surface area contributed by atoms with E-state index in [1.807, 2.05) is 0 Å². The number of nitrogens with zero attached hydrogens (tertiary/aromatic N) is 1. The molecule has 0 amide bonds. The van der Waals surface area contributed by atoms with Gasteiger partial charge in [-0.2, -0.15) is 5.10 Å². The molecule has 3 aliphatic rings. The minimum absolute atomic E-state index is 0. The van der Waals surface area contributed by atoms with E-state index in [1.54, 1.807) is 38.1 Å². The SMILES string of the molecule is CCOC(=O)C1CCCCC1=O.Cc1ccc(Cl)cc1F.Nc1ccc(Cl)cc1F.O=C(O)C1CCCCC1=O.O=C1CCCC/C1=N\Nc1ccc(Cl)cc1F.[Na+].[OH-]. The summed E-state index contributed by atoms with van der Waals surface area (Å²) >= 11 is 16.5. The third-order valence-corrected chi connectivity index (χ3v) is 9.41. The maximum atomic E-state index is 13.4. The van der Waals surface area contributed by atoms with Crippen molar-refractivity contribution in [3.05, 3.63) is 92.7 Å². The molecule has 18 heteroatoms. The summed E-state index contributed by atoms with van der Waals surface area (Å²) < 4.78 is 43.1. The van der Waals surface area contributed by atoms with Gasteiger partial charge in [0.25, 0.3) is 0 Å². The van der Waals surface area contributed by atoms with Gasteiger partial charge in [0.1, 0.15) is 46.6 Å². The molecular formula is C41H48Cl3F3N3NaO8. The van der Waals surface area contributed by atoms with Crippen LogP contribution in [0.2, 0.25) is 15.1 Å². The van der Waals surface area contributed by atoms with Gasteiger partial charge in [-0.05, 0) is 113 Å². The molecule has 3 aliphatic carbocycles. The number of nitrogens with two attached hydrogens (primary N) is 1. The average molecular weight is 897 g/mol. The fourth-order valence-corrected chi connectivity index (χ4v) is 5.95. The van der Waals surface area contributed by atoms with Crippen molar-refractivity contribution in [2.75, 3.05) is 17.8 Å². The topological polar surface area (TPSA) is 195 Å². The van der Waals surface area contributed by atoms with Crippen molar-refractivity contribution < 1.29 is 82.0 Å². The van der Waals surface area contributed by atoms with Crippen LogP contribution in [0.25, 0.3) is 0 Å². The molecule has 3 saturated carbocycles. The number of hydrazone groups is 1. The molecule has 318 valence electrons. The largest absolute Gasteiger partial charge is 1.00 e. The zero-order chi connectivity index (χ0) is 42.5. The van der Waals surface area contributed by atoms with Crippen molar-refractivity contribution in [1.82, 2.24) is 0 Å². The summed E-state index contributed by atoms with van der Waals surface area (Å²) in [4.78, 5) is 55.0. The van der Waals surface area contributed by atoms with E-state index in [9.17, 15) is 37.1 Å². The number of hydrogen-bond donors (Lipinski definition) is 3. The summed E-state index contributed by atoms with van der Waals surface area (Å²) in [6, 6.07) is 13.0. The monoisotopic (exact) mass is 895 g/mol. The van der Waals surface area contributed by atoms with E-state index < -0.39 is 29.4 Å². The molecular weight excluding hydrogens is 849 g/mol. The number of rotatable bonds is 5. The van der Waals surface area contributed by atoms with E-state index in [-0.39, 0.29) is 75.5 Å². The molecule has 3 fully saturated rings. The fourth-order valence-electron chi connectivity index (χ4n) is 5.48. The Labute approximate surface area is 379 Å². The minimum Gasteiger partial charge on any atom is -0.870 e. The van der Waals surface area contributed by atoms with Crippen LogP contribution < -0.4 is 40.7 Å². The van der Waals surface area contributed by atoms with Gasteiger partial charge < -0.3 is 21.1 Å². The van der Waals surface area contributed by atoms with Gasteiger partial charge in [0, 0.05) is 34.3 Å². The number of Topliss-reactive ketones (excluding diaryl/α,β-unsaturated/α-hetero) is 3. The number of esters is 1. The van der Waals surface area contributed by atoms with Gasteiger partial charge in [-0.3, -0.25) is 29.4 Å². The predicted molar refractivity (Wildman–Crippen MR) is 218 cm³/mol. The molecule has 59 heavy (non-hydrogen) atoms. The third-order valence-electron chi connectivity index (χ3n) is 8.71. The first-order valence-electron chi connectivity index (χ1n) is 18.4. The fraction of sp³-hybridized carbons (Fsp3) is 0.415. The van der Waals surface area contributed by atoms with Gasteiger partial charge >= 0.3 is 41.5 Å². The number of ether oxygens (including phenoxy) is 1. The standard InChI is InChI=1S/C12H12ClFN2O.C9H14O3.C7H6ClF.C7H10O3.C6H5ClFN.Na.H2O/c13-8-5-6-10(9(14)7-8)15-16-11-3-1-2-4-12(11)17;1-2-12-9(11)7-5-3-4-6-8(7)10;1-5-2-3-6(8)4-7(5)9;8-6-4-2-1-3-5(6)7(9)10;7-4-1-2-6(9)5(8)3-4;;/h5-7,15H,1-4H2;7H,2-6H2,1H3;2-4H,1H3;5H,1-4H2,(H,9,10);1-3H,9H2;;1H2/q;;;;;+1;/p-1/b16-11+;;;;;;. The van der Waals surface area contributed by atoms with E-state index in [2.05, 4.69) is 10.5 Å². The molecule has 6 rings (SSSR count). The normalized spacial score (nSPS) is 17.6. The summed E-state index contributed by atoms with van der Waals surface area (Å²) in [6.45, 7) is 3.82. The van der Waals surface area contributed by atoms with E-state index in [4.69, 9.17) is 50.4 Å². The average Bonchev–Trinajstić information content (AvgIpc) is 3.16. The Balaban J connectivity index is 0.000000724. The number of carbonyl (C=O) groups is 5. The van der Waals surface area contributed by atoms with Crippen LogP contribution in [0, 0.1) is 36.2 Å². The smallest absolute Gasteiger partial charge is 0.870 e. The number of nitrogens with one attached hydrogen (secondary N) is 1. The van der Waals surface area contributed by atoms with Gasteiger partial charge in [0.05, 0.1) is 18.0 Å². The number of benzene rings is 3. The van der Waals surface area contributed by atoms with Crippen LogP contribution in [-0.2, 0) is 28.7 Å². The number of nitrogen functional groups attached to an aromatic ring is 1. The number of carboxylic acid groups (broad SMARTS) is 1. The van der Waals surface area contributed by atoms with Crippen LogP contribution in [0.1, 0.15) is 89.5 Å². The second-order valence-electron chi connectivity index (χ2n) is 13.1. The maximum Gasteiger partial charge on any atom is 1.00 e. The quantitative estimate of drug-likeness (QED) is 0.0775. The third kappa shape index (κ3) is 21.0. The summed E-state index contributed by atoms with van der Waals surface area (Å²) in [5.74, 6) is -3.65. The Hall–Kier alpha value is -3.50. The predicted octanol–water partition coefficient (Wildman–Crippen LogP) is 7.21. The Bertz CT molecular complexity index is 1840. The molecule has 2 atom stereocenters. The first-order chi connectivity index (χ1) is 27.0. The van der Waals surface area contributed by atoms with Crippen molar-refractivity contribution in [1.29, 1.82) is 0 Å². The number of anilines is 2. The number of halogens is 6. The summed E-state index contributed by atoms with van der Waals surface area (Å²) in [5.41, 5.74) is 9.19. The molecule has 0 saturated heterocycles.